The smallest absolute Gasteiger partial charge is 0.233 e. The fraction of sp³-hybridized carbons (Fsp3) is 0.125. The average Bonchev–Trinajstić information content (AvgIpc) is 2.47. The van der Waals surface area contributed by atoms with Crippen molar-refractivity contribution in [2.24, 2.45) is 0 Å². The Bertz CT molecular complexity index is 749. The first-order chi connectivity index (χ1) is 10.9. The second-order valence-corrected chi connectivity index (χ2v) is 6.06. The van der Waals surface area contributed by atoms with E-state index in [0.717, 1.165) is 5.56 Å². The topological polar surface area (TPSA) is 58.2 Å². The third-order valence-corrected chi connectivity index (χ3v) is 4.04. The summed E-state index contributed by atoms with van der Waals surface area (Å²) >= 11 is 17.8. The summed E-state index contributed by atoms with van der Waals surface area (Å²) in [4.78, 5) is 23.9. The monoisotopic (exact) mass is 370 g/mol. The zero-order valence-corrected chi connectivity index (χ0v) is 14.4. The van der Waals surface area contributed by atoms with E-state index in [1.54, 1.807) is 37.3 Å². The summed E-state index contributed by atoms with van der Waals surface area (Å²) in [5, 5.41) is 6.52. The summed E-state index contributed by atoms with van der Waals surface area (Å²) in [6.45, 7) is 1.78. The lowest BCUT2D eigenvalue weighted by molar-refractivity contribution is -0.123. The van der Waals surface area contributed by atoms with E-state index in [9.17, 15) is 9.59 Å². The number of carbonyl (C=O) groups is 2. The molecule has 0 radical (unpaired) electrons. The van der Waals surface area contributed by atoms with Crippen molar-refractivity contribution in [2.75, 3.05) is 10.6 Å². The van der Waals surface area contributed by atoms with Gasteiger partial charge in [0, 0.05) is 15.7 Å². The Morgan fingerprint density at radius 2 is 1.57 bits per heavy atom. The minimum Gasteiger partial charge on any atom is -0.325 e. The third-order valence-electron chi connectivity index (χ3n) is 3.07. The third kappa shape index (κ3) is 4.86. The molecule has 0 heterocycles. The molecule has 120 valence electrons. The lowest BCUT2D eigenvalue weighted by Gasteiger charge is -2.10. The number of rotatable bonds is 4. The normalized spacial score (nSPS) is 10.3. The van der Waals surface area contributed by atoms with Crippen molar-refractivity contribution in [3.05, 3.63) is 57.0 Å². The van der Waals surface area contributed by atoms with Gasteiger partial charge in [0.05, 0.1) is 10.7 Å². The van der Waals surface area contributed by atoms with E-state index in [1.165, 1.54) is 6.07 Å². The number of benzene rings is 2. The van der Waals surface area contributed by atoms with Crippen LogP contribution in [0.3, 0.4) is 0 Å². The first-order valence-electron chi connectivity index (χ1n) is 6.66. The minimum atomic E-state index is -0.494. The molecule has 2 amide bonds. The Morgan fingerprint density at radius 1 is 0.913 bits per heavy atom. The molecule has 0 saturated carbocycles. The van der Waals surface area contributed by atoms with Gasteiger partial charge < -0.3 is 10.6 Å². The van der Waals surface area contributed by atoms with Crippen molar-refractivity contribution in [3.8, 4) is 0 Å². The zero-order valence-electron chi connectivity index (χ0n) is 12.1. The van der Waals surface area contributed by atoms with Gasteiger partial charge in [0.15, 0.2) is 0 Å². The van der Waals surface area contributed by atoms with Gasteiger partial charge in [0.2, 0.25) is 11.8 Å². The molecule has 0 aliphatic carbocycles. The number of halogens is 3. The SMILES string of the molecule is Cc1c(Cl)cccc1NC(=O)CC(=O)Nc1cc(Cl)ccc1Cl. The van der Waals surface area contributed by atoms with E-state index >= 15 is 0 Å². The molecule has 23 heavy (non-hydrogen) atoms. The molecule has 0 unspecified atom stereocenters. The molecule has 7 heteroatoms. The van der Waals surface area contributed by atoms with Gasteiger partial charge in [-0.15, -0.1) is 0 Å². The highest BCUT2D eigenvalue weighted by Gasteiger charge is 2.13. The predicted molar refractivity (Wildman–Crippen MR) is 94.5 cm³/mol. The second kappa shape index (κ2) is 7.68. The number of anilines is 2. The molecule has 2 N–H and O–H groups in total. The van der Waals surface area contributed by atoms with E-state index < -0.39 is 11.8 Å². The van der Waals surface area contributed by atoms with Gasteiger partial charge in [-0.2, -0.15) is 0 Å². The molecule has 2 aromatic carbocycles. The molecule has 0 fully saturated rings. The van der Waals surface area contributed by atoms with Crippen LogP contribution in [-0.2, 0) is 9.59 Å². The number of carbonyl (C=O) groups excluding carboxylic acids is 2. The van der Waals surface area contributed by atoms with Crippen molar-refractivity contribution < 1.29 is 9.59 Å². The van der Waals surface area contributed by atoms with Gasteiger partial charge in [0.25, 0.3) is 0 Å². The Labute approximate surface area is 148 Å². The molecule has 0 atom stereocenters. The van der Waals surface area contributed by atoms with Crippen molar-refractivity contribution in [2.45, 2.75) is 13.3 Å². The molecule has 2 rings (SSSR count). The summed E-state index contributed by atoms with van der Waals surface area (Å²) in [5.74, 6) is -0.947. The number of hydrogen-bond acceptors (Lipinski definition) is 2. The largest absolute Gasteiger partial charge is 0.325 e. The lowest BCUT2D eigenvalue weighted by atomic mass is 10.2. The first kappa shape index (κ1) is 17.6. The molecule has 0 aliphatic rings. The van der Waals surface area contributed by atoms with Crippen molar-refractivity contribution in [1.29, 1.82) is 0 Å². The summed E-state index contributed by atoms with van der Waals surface area (Å²) in [7, 11) is 0. The van der Waals surface area contributed by atoms with Crippen LogP contribution < -0.4 is 10.6 Å². The van der Waals surface area contributed by atoms with Gasteiger partial charge in [0.1, 0.15) is 6.42 Å². The molecular weight excluding hydrogens is 359 g/mol. The molecule has 0 aliphatic heterocycles. The quantitative estimate of drug-likeness (QED) is 0.749. The van der Waals surface area contributed by atoms with Gasteiger partial charge in [-0.25, -0.2) is 0 Å². The van der Waals surface area contributed by atoms with Gasteiger partial charge in [-0.3, -0.25) is 9.59 Å². The van der Waals surface area contributed by atoms with Gasteiger partial charge in [-0.1, -0.05) is 40.9 Å². The van der Waals surface area contributed by atoms with Crippen LogP contribution in [0.4, 0.5) is 11.4 Å². The van der Waals surface area contributed by atoms with E-state index in [-0.39, 0.29) is 6.42 Å². The van der Waals surface area contributed by atoms with Crippen molar-refractivity contribution in [1.82, 2.24) is 0 Å². The number of nitrogens with one attached hydrogen (secondary N) is 2. The zero-order chi connectivity index (χ0) is 17.0. The molecule has 0 bridgehead atoms. The van der Waals surface area contributed by atoms with Crippen LogP contribution in [0.2, 0.25) is 15.1 Å². The van der Waals surface area contributed by atoms with Crippen LogP contribution in [0, 0.1) is 6.92 Å². The maximum atomic E-state index is 12.0. The average molecular weight is 372 g/mol. The fourth-order valence-electron chi connectivity index (χ4n) is 1.87. The highest BCUT2D eigenvalue weighted by Crippen LogP contribution is 2.26. The van der Waals surface area contributed by atoms with Gasteiger partial charge in [-0.05, 0) is 42.8 Å². The lowest BCUT2D eigenvalue weighted by Crippen LogP contribution is -2.22. The maximum Gasteiger partial charge on any atom is 0.233 e. The highest BCUT2D eigenvalue weighted by atomic mass is 35.5. The highest BCUT2D eigenvalue weighted by molar-refractivity contribution is 6.35. The van der Waals surface area contributed by atoms with E-state index in [4.69, 9.17) is 34.8 Å². The molecule has 0 saturated heterocycles. The Kier molecular flexibility index (Phi) is 5.88. The Hall–Kier alpha value is -1.75. The molecule has 0 aromatic heterocycles. The number of amides is 2. The Balaban J connectivity index is 1.98. The van der Waals surface area contributed by atoms with Crippen molar-refractivity contribution in [3.63, 3.8) is 0 Å². The van der Waals surface area contributed by atoms with Crippen LogP contribution in [0.1, 0.15) is 12.0 Å². The molecule has 0 spiro atoms. The maximum absolute atomic E-state index is 12.0. The van der Waals surface area contributed by atoms with Crippen LogP contribution >= 0.6 is 34.8 Å². The molecule has 4 nitrogen and oxygen atoms in total. The summed E-state index contributed by atoms with van der Waals surface area (Å²) in [6.07, 6.45) is -0.352. The van der Waals surface area contributed by atoms with Crippen LogP contribution in [0.25, 0.3) is 0 Å². The minimum absolute atomic E-state index is 0.342. The predicted octanol–water partition coefficient (Wildman–Crippen LogP) is 4.92. The van der Waals surface area contributed by atoms with Crippen LogP contribution in [0.15, 0.2) is 36.4 Å². The second-order valence-electron chi connectivity index (χ2n) is 4.81. The van der Waals surface area contributed by atoms with Crippen LogP contribution in [-0.4, -0.2) is 11.8 Å². The molecule has 2 aromatic rings. The summed E-state index contributed by atoms with van der Waals surface area (Å²) < 4.78 is 0. The Morgan fingerprint density at radius 3 is 2.26 bits per heavy atom. The van der Waals surface area contributed by atoms with E-state index in [1.807, 2.05) is 0 Å². The standard InChI is InChI=1S/C16H13Cl3N2O2/c1-9-11(18)3-2-4-13(9)20-15(22)8-16(23)21-14-7-10(17)5-6-12(14)19/h2-7H,8H2,1H3,(H,20,22)(H,21,23). The molecular formula is C16H13Cl3N2O2. The van der Waals surface area contributed by atoms with Crippen molar-refractivity contribution >= 4 is 58.0 Å². The van der Waals surface area contributed by atoms with Gasteiger partial charge >= 0.3 is 0 Å². The fourth-order valence-corrected chi connectivity index (χ4v) is 2.38. The number of hydrogen-bond donors (Lipinski definition) is 2. The summed E-state index contributed by atoms with van der Waals surface area (Å²) in [6, 6.07) is 9.84. The van der Waals surface area contributed by atoms with Crippen LogP contribution in [0.5, 0.6) is 0 Å². The van der Waals surface area contributed by atoms with E-state index in [2.05, 4.69) is 10.6 Å². The summed E-state index contributed by atoms with van der Waals surface area (Å²) in [5.41, 5.74) is 1.66. The van der Waals surface area contributed by atoms with E-state index in [0.29, 0.717) is 26.4 Å². The first-order valence-corrected chi connectivity index (χ1v) is 7.80.